The standard InChI is InChI=1S/C13H18N4O2/c1-2-14-12(18)13(19)17-9-7-16(8-10-17)11-5-3-4-6-15-11/h3-6H,2,7-10H2,1H3,(H,14,18). The molecule has 2 heterocycles. The molecular formula is C13H18N4O2. The van der Waals surface area contributed by atoms with Crippen molar-refractivity contribution in [3.63, 3.8) is 0 Å². The molecule has 0 spiro atoms. The molecule has 0 saturated carbocycles. The molecule has 2 amide bonds. The minimum absolute atomic E-state index is 0.442. The Morgan fingerprint density at radius 3 is 2.58 bits per heavy atom. The summed E-state index contributed by atoms with van der Waals surface area (Å²) in [5, 5.41) is 2.53. The number of aromatic nitrogens is 1. The van der Waals surface area contributed by atoms with E-state index >= 15 is 0 Å². The maximum Gasteiger partial charge on any atom is 0.312 e. The van der Waals surface area contributed by atoms with Crippen LogP contribution in [-0.2, 0) is 9.59 Å². The second-order valence-electron chi connectivity index (χ2n) is 4.33. The highest BCUT2D eigenvalue weighted by Gasteiger charge is 2.25. The largest absolute Gasteiger partial charge is 0.353 e. The van der Waals surface area contributed by atoms with Gasteiger partial charge >= 0.3 is 11.8 Å². The topological polar surface area (TPSA) is 65.5 Å². The van der Waals surface area contributed by atoms with Gasteiger partial charge in [0.15, 0.2) is 0 Å². The molecule has 6 heteroatoms. The van der Waals surface area contributed by atoms with Gasteiger partial charge in [0.05, 0.1) is 0 Å². The number of likely N-dealkylation sites (N-methyl/N-ethyl adjacent to an activating group) is 1. The van der Waals surface area contributed by atoms with Gasteiger partial charge in [-0.3, -0.25) is 9.59 Å². The molecular weight excluding hydrogens is 244 g/mol. The number of hydrogen-bond acceptors (Lipinski definition) is 4. The third kappa shape index (κ3) is 3.21. The maximum absolute atomic E-state index is 11.8. The van der Waals surface area contributed by atoms with Crippen LogP contribution >= 0.6 is 0 Å². The van der Waals surface area contributed by atoms with E-state index < -0.39 is 11.8 Å². The lowest BCUT2D eigenvalue weighted by Crippen LogP contribution is -2.52. The van der Waals surface area contributed by atoms with E-state index in [0.717, 1.165) is 5.82 Å². The predicted octanol–water partition coefficient (Wildman–Crippen LogP) is -0.134. The van der Waals surface area contributed by atoms with Crippen LogP contribution in [0.4, 0.5) is 5.82 Å². The molecule has 1 N–H and O–H groups in total. The normalized spacial score (nSPS) is 15.2. The van der Waals surface area contributed by atoms with E-state index in [9.17, 15) is 9.59 Å². The van der Waals surface area contributed by atoms with Crippen LogP contribution in [0.3, 0.4) is 0 Å². The van der Waals surface area contributed by atoms with Crippen molar-refractivity contribution in [1.82, 2.24) is 15.2 Å². The SMILES string of the molecule is CCNC(=O)C(=O)N1CCN(c2ccccn2)CC1. The number of nitrogens with zero attached hydrogens (tertiary/aromatic N) is 3. The van der Waals surface area contributed by atoms with E-state index in [1.807, 2.05) is 18.2 Å². The Balaban J connectivity index is 1.89. The molecule has 1 aromatic rings. The second-order valence-corrected chi connectivity index (χ2v) is 4.33. The molecule has 19 heavy (non-hydrogen) atoms. The number of piperazine rings is 1. The number of hydrogen-bond donors (Lipinski definition) is 1. The summed E-state index contributed by atoms with van der Waals surface area (Å²) in [6, 6.07) is 5.76. The van der Waals surface area contributed by atoms with Crippen LogP contribution in [0.2, 0.25) is 0 Å². The van der Waals surface area contributed by atoms with Crippen molar-refractivity contribution in [2.45, 2.75) is 6.92 Å². The average Bonchev–Trinajstić information content (AvgIpc) is 2.48. The van der Waals surface area contributed by atoms with E-state index in [1.54, 1.807) is 18.0 Å². The molecule has 0 aromatic carbocycles. The summed E-state index contributed by atoms with van der Waals surface area (Å²) in [6.07, 6.45) is 1.75. The Labute approximate surface area is 112 Å². The second kappa shape index (κ2) is 6.17. The molecule has 0 unspecified atom stereocenters. The van der Waals surface area contributed by atoms with Crippen LogP contribution < -0.4 is 10.2 Å². The van der Waals surface area contributed by atoms with E-state index in [4.69, 9.17) is 0 Å². The molecule has 1 aliphatic heterocycles. The van der Waals surface area contributed by atoms with Gasteiger partial charge in [-0.25, -0.2) is 4.98 Å². The Morgan fingerprint density at radius 1 is 1.26 bits per heavy atom. The minimum Gasteiger partial charge on any atom is -0.353 e. The maximum atomic E-state index is 11.8. The van der Waals surface area contributed by atoms with Gasteiger partial charge in [-0.1, -0.05) is 6.07 Å². The van der Waals surface area contributed by atoms with Gasteiger partial charge in [-0.2, -0.15) is 0 Å². The van der Waals surface area contributed by atoms with Gasteiger partial charge in [0.25, 0.3) is 0 Å². The van der Waals surface area contributed by atoms with E-state index in [-0.39, 0.29) is 0 Å². The molecule has 1 fully saturated rings. The fraction of sp³-hybridized carbons (Fsp3) is 0.462. The van der Waals surface area contributed by atoms with Crippen molar-refractivity contribution in [2.75, 3.05) is 37.6 Å². The Morgan fingerprint density at radius 2 is 2.00 bits per heavy atom. The molecule has 6 nitrogen and oxygen atoms in total. The summed E-state index contributed by atoms with van der Waals surface area (Å²) in [4.78, 5) is 31.3. The first-order valence-corrected chi connectivity index (χ1v) is 6.45. The zero-order valence-corrected chi connectivity index (χ0v) is 11.0. The highest BCUT2D eigenvalue weighted by atomic mass is 16.2. The smallest absolute Gasteiger partial charge is 0.312 e. The Hall–Kier alpha value is -2.11. The number of pyridine rings is 1. The monoisotopic (exact) mass is 262 g/mol. The quantitative estimate of drug-likeness (QED) is 0.754. The Bertz CT molecular complexity index is 441. The average molecular weight is 262 g/mol. The van der Waals surface area contributed by atoms with Crippen LogP contribution in [0.25, 0.3) is 0 Å². The molecule has 1 aliphatic rings. The number of rotatable bonds is 2. The van der Waals surface area contributed by atoms with Crippen molar-refractivity contribution in [1.29, 1.82) is 0 Å². The zero-order valence-electron chi connectivity index (χ0n) is 11.0. The van der Waals surface area contributed by atoms with Crippen LogP contribution in [-0.4, -0.2) is 54.4 Å². The third-order valence-corrected chi connectivity index (χ3v) is 3.07. The molecule has 0 bridgehead atoms. The van der Waals surface area contributed by atoms with Crippen LogP contribution in [0.1, 0.15) is 6.92 Å². The molecule has 1 saturated heterocycles. The van der Waals surface area contributed by atoms with Gasteiger partial charge in [-0.05, 0) is 19.1 Å². The van der Waals surface area contributed by atoms with Gasteiger partial charge in [-0.15, -0.1) is 0 Å². The first-order chi connectivity index (χ1) is 9.22. The first-order valence-electron chi connectivity index (χ1n) is 6.45. The van der Waals surface area contributed by atoms with Gasteiger partial charge in [0.2, 0.25) is 0 Å². The molecule has 0 atom stereocenters. The fourth-order valence-electron chi connectivity index (χ4n) is 2.06. The third-order valence-electron chi connectivity index (χ3n) is 3.07. The highest BCUT2D eigenvalue weighted by Crippen LogP contribution is 2.12. The summed E-state index contributed by atoms with van der Waals surface area (Å²) in [5.41, 5.74) is 0. The van der Waals surface area contributed by atoms with Crippen molar-refractivity contribution in [3.05, 3.63) is 24.4 Å². The van der Waals surface area contributed by atoms with Crippen LogP contribution in [0, 0.1) is 0 Å². The zero-order chi connectivity index (χ0) is 13.7. The van der Waals surface area contributed by atoms with E-state index in [0.29, 0.717) is 32.7 Å². The summed E-state index contributed by atoms with van der Waals surface area (Å²) in [5.74, 6) is -0.0519. The lowest BCUT2D eigenvalue weighted by molar-refractivity contribution is -0.146. The van der Waals surface area contributed by atoms with Crippen molar-refractivity contribution in [2.24, 2.45) is 0 Å². The highest BCUT2D eigenvalue weighted by molar-refractivity contribution is 6.35. The summed E-state index contributed by atoms with van der Waals surface area (Å²) in [7, 11) is 0. The van der Waals surface area contributed by atoms with Gasteiger partial charge < -0.3 is 15.1 Å². The molecule has 2 rings (SSSR count). The lowest BCUT2D eigenvalue weighted by atomic mass is 10.3. The number of nitrogens with one attached hydrogen (secondary N) is 1. The summed E-state index contributed by atoms with van der Waals surface area (Å²) >= 11 is 0. The van der Waals surface area contributed by atoms with Gasteiger partial charge in [0, 0.05) is 38.9 Å². The van der Waals surface area contributed by atoms with Crippen molar-refractivity contribution in [3.8, 4) is 0 Å². The molecule has 0 radical (unpaired) electrons. The van der Waals surface area contributed by atoms with E-state index in [1.165, 1.54) is 0 Å². The van der Waals surface area contributed by atoms with Crippen LogP contribution in [0.15, 0.2) is 24.4 Å². The Kier molecular flexibility index (Phi) is 4.33. The fourth-order valence-corrected chi connectivity index (χ4v) is 2.06. The minimum atomic E-state index is -0.520. The summed E-state index contributed by atoms with van der Waals surface area (Å²) in [6.45, 7) is 4.76. The molecule has 0 aliphatic carbocycles. The number of carbonyl (C=O) groups excluding carboxylic acids is 2. The van der Waals surface area contributed by atoms with Crippen molar-refractivity contribution < 1.29 is 9.59 Å². The van der Waals surface area contributed by atoms with Crippen LogP contribution in [0.5, 0.6) is 0 Å². The van der Waals surface area contributed by atoms with Crippen molar-refractivity contribution >= 4 is 17.6 Å². The number of amides is 2. The molecule has 102 valence electrons. The summed E-state index contributed by atoms with van der Waals surface area (Å²) < 4.78 is 0. The first kappa shape index (κ1) is 13.3. The van der Waals surface area contributed by atoms with E-state index in [2.05, 4.69) is 15.2 Å². The van der Waals surface area contributed by atoms with Gasteiger partial charge in [0.1, 0.15) is 5.82 Å². The molecule has 1 aromatic heterocycles. The number of carbonyl (C=O) groups is 2. The number of anilines is 1. The predicted molar refractivity (Wildman–Crippen MR) is 71.7 cm³/mol. The lowest BCUT2D eigenvalue weighted by Gasteiger charge is -2.34.